The zero-order chi connectivity index (χ0) is 22.9. The normalized spacial score (nSPS) is 14.8. The Labute approximate surface area is 194 Å². The number of carbonyl (C=O) groups is 2. The third kappa shape index (κ3) is 4.03. The lowest BCUT2D eigenvalue weighted by Crippen LogP contribution is -2.50. The monoisotopic (exact) mass is 461 g/mol. The van der Waals surface area contributed by atoms with Crippen molar-refractivity contribution in [2.75, 3.05) is 25.0 Å². The van der Waals surface area contributed by atoms with E-state index in [1.165, 1.54) is 11.2 Å². The summed E-state index contributed by atoms with van der Waals surface area (Å²) in [5, 5.41) is 7.86. The van der Waals surface area contributed by atoms with E-state index in [0.717, 1.165) is 10.9 Å². The van der Waals surface area contributed by atoms with Gasteiger partial charge in [0.2, 0.25) is 5.91 Å². The smallest absolute Gasteiger partial charge is 0.273 e. The van der Waals surface area contributed by atoms with E-state index in [2.05, 4.69) is 25.6 Å². The molecule has 4 heterocycles. The maximum absolute atomic E-state index is 13.4. The summed E-state index contributed by atoms with van der Waals surface area (Å²) >= 11 is 6.47. The Bertz CT molecular complexity index is 1390. The fourth-order valence-electron chi connectivity index (χ4n) is 3.90. The molecular weight excluding hydrogens is 442 g/mol. The van der Waals surface area contributed by atoms with Gasteiger partial charge in [0, 0.05) is 24.7 Å². The number of nitrogens with one attached hydrogen (secondary N) is 2. The third-order valence-electron chi connectivity index (χ3n) is 5.55. The maximum atomic E-state index is 13.4. The van der Waals surface area contributed by atoms with Gasteiger partial charge in [-0.15, -0.1) is 0 Å². The van der Waals surface area contributed by atoms with Crippen LogP contribution in [-0.2, 0) is 4.79 Å². The number of fused-ring (bicyclic) bond motifs is 2. The number of aromatic nitrogens is 4. The van der Waals surface area contributed by atoms with E-state index in [4.69, 9.17) is 16.6 Å². The highest BCUT2D eigenvalue weighted by Crippen LogP contribution is 2.30. The molecular formula is C23H20ClN7O2. The maximum Gasteiger partial charge on any atom is 0.273 e. The van der Waals surface area contributed by atoms with E-state index in [1.807, 2.05) is 37.3 Å². The first-order chi connectivity index (χ1) is 16.0. The van der Waals surface area contributed by atoms with E-state index in [9.17, 15) is 9.59 Å². The van der Waals surface area contributed by atoms with Crippen molar-refractivity contribution in [2.24, 2.45) is 0 Å². The van der Waals surface area contributed by atoms with Gasteiger partial charge in [-0.25, -0.2) is 15.0 Å². The van der Waals surface area contributed by atoms with Crippen LogP contribution in [0, 0.1) is 0 Å². The molecule has 10 heteroatoms. The van der Waals surface area contributed by atoms with Crippen LogP contribution in [-0.4, -0.2) is 56.3 Å². The molecule has 1 aromatic carbocycles. The summed E-state index contributed by atoms with van der Waals surface area (Å²) in [7, 11) is 0. The molecule has 1 aliphatic rings. The van der Waals surface area contributed by atoms with E-state index in [1.54, 1.807) is 12.3 Å². The molecule has 0 unspecified atom stereocenters. The van der Waals surface area contributed by atoms with Crippen LogP contribution in [0.1, 0.15) is 29.1 Å². The summed E-state index contributed by atoms with van der Waals surface area (Å²) in [6.45, 7) is 2.73. The number of anilines is 1. The van der Waals surface area contributed by atoms with Crippen LogP contribution in [0.3, 0.4) is 0 Å². The van der Waals surface area contributed by atoms with Gasteiger partial charge in [0.15, 0.2) is 5.82 Å². The Morgan fingerprint density at radius 1 is 1.21 bits per heavy atom. The predicted octanol–water partition coefficient (Wildman–Crippen LogP) is 2.97. The molecule has 166 valence electrons. The first-order valence-corrected chi connectivity index (χ1v) is 10.9. The fraction of sp³-hybridized carbons (Fsp3) is 0.217. The Kier molecular flexibility index (Phi) is 5.47. The molecule has 1 fully saturated rings. The summed E-state index contributed by atoms with van der Waals surface area (Å²) in [6.07, 6.45) is 3.16. The van der Waals surface area contributed by atoms with Crippen molar-refractivity contribution in [2.45, 2.75) is 13.0 Å². The largest absolute Gasteiger partial charge is 0.360 e. The molecule has 0 saturated carbocycles. The first-order valence-electron chi connectivity index (χ1n) is 10.5. The molecule has 0 bridgehead atoms. The average molecular weight is 462 g/mol. The highest BCUT2D eigenvalue weighted by atomic mass is 35.5. The third-order valence-corrected chi connectivity index (χ3v) is 5.86. The van der Waals surface area contributed by atoms with Gasteiger partial charge in [-0.05, 0) is 36.6 Å². The van der Waals surface area contributed by atoms with Gasteiger partial charge < -0.3 is 15.5 Å². The molecule has 1 atom stereocenters. The van der Waals surface area contributed by atoms with Crippen LogP contribution in [0.25, 0.3) is 21.8 Å². The van der Waals surface area contributed by atoms with Crippen molar-refractivity contribution in [1.29, 1.82) is 0 Å². The number of nitrogens with zero attached hydrogens (tertiary/aromatic N) is 5. The van der Waals surface area contributed by atoms with Crippen molar-refractivity contribution in [3.05, 3.63) is 65.3 Å². The van der Waals surface area contributed by atoms with Crippen molar-refractivity contribution >= 4 is 51.0 Å². The Balaban J connectivity index is 1.56. The number of pyridine rings is 2. The molecule has 3 aromatic heterocycles. The van der Waals surface area contributed by atoms with Crippen LogP contribution >= 0.6 is 11.6 Å². The van der Waals surface area contributed by atoms with Crippen molar-refractivity contribution in [1.82, 2.24) is 30.2 Å². The molecule has 33 heavy (non-hydrogen) atoms. The predicted molar refractivity (Wildman–Crippen MR) is 125 cm³/mol. The van der Waals surface area contributed by atoms with E-state index in [-0.39, 0.29) is 30.1 Å². The summed E-state index contributed by atoms with van der Waals surface area (Å²) in [4.78, 5) is 44.4. The van der Waals surface area contributed by atoms with Gasteiger partial charge in [-0.3, -0.25) is 14.6 Å². The molecule has 5 rings (SSSR count). The SMILES string of the molecule is C[C@H](Nc1ncnc2cccnc12)c1cc2cccc(Cl)c2c(C(=O)N2CCNC(=O)C2)n1. The molecule has 2 amide bonds. The van der Waals surface area contributed by atoms with Gasteiger partial charge in [0.1, 0.15) is 17.5 Å². The highest BCUT2D eigenvalue weighted by molar-refractivity contribution is 6.36. The quantitative estimate of drug-likeness (QED) is 0.480. The van der Waals surface area contributed by atoms with Crippen molar-refractivity contribution in [3.8, 4) is 0 Å². The number of benzene rings is 1. The molecule has 1 saturated heterocycles. The van der Waals surface area contributed by atoms with Crippen molar-refractivity contribution in [3.63, 3.8) is 0 Å². The number of halogens is 1. The molecule has 0 radical (unpaired) electrons. The number of hydrogen-bond donors (Lipinski definition) is 2. The van der Waals surface area contributed by atoms with Crippen LogP contribution in [0.4, 0.5) is 5.82 Å². The second-order valence-corrected chi connectivity index (χ2v) is 8.18. The summed E-state index contributed by atoms with van der Waals surface area (Å²) in [6, 6.07) is 10.7. The molecule has 1 aliphatic heterocycles. The Morgan fingerprint density at radius 2 is 2.09 bits per heavy atom. The van der Waals surface area contributed by atoms with Gasteiger partial charge in [-0.1, -0.05) is 23.7 Å². The van der Waals surface area contributed by atoms with Crippen LogP contribution in [0.5, 0.6) is 0 Å². The van der Waals surface area contributed by atoms with Crippen LogP contribution < -0.4 is 10.6 Å². The number of piperazine rings is 1. The van der Waals surface area contributed by atoms with E-state index >= 15 is 0 Å². The number of carbonyl (C=O) groups excluding carboxylic acids is 2. The molecule has 0 spiro atoms. The molecule has 9 nitrogen and oxygen atoms in total. The molecule has 4 aromatic rings. The second-order valence-electron chi connectivity index (χ2n) is 7.77. The van der Waals surface area contributed by atoms with E-state index < -0.39 is 0 Å². The topological polar surface area (TPSA) is 113 Å². The van der Waals surface area contributed by atoms with Crippen LogP contribution in [0.15, 0.2) is 48.9 Å². The minimum Gasteiger partial charge on any atom is -0.360 e. The van der Waals surface area contributed by atoms with Crippen LogP contribution in [0.2, 0.25) is 5.02 Å². The van der Waals surface area contributed by atoms with E-state index in [0.29, 0.717) is 40.5 Å². The zero-order valence-corrected chi connectivity index (χ0v) is 18.5. The summed E-state index contributed by atoms with van der Waals surface area (Å²) in [5.74, 6) is 0.0483. The lowest BCUT2D eigenvalue weighted by atomic mass is 10.0. The molecule has 2 N–H and O–H groups in total. The summed E-state index contributed by atoms with van der Waals surface area (Å²) in [5.41, 5.74) is 2.23. The minimum atomic E-state index is -0.328. The number of rotatable bonds is 4. The average Bonchev–Trinajstić information content (AvgIpc) is 2.83. The van der Waals surface area contributed by atoms with Gasteiger partial charge >= 0.3 is 0 Å². The standard InChI is InChI=1S/C23H20ClN7O2/c1-13(29-22-20-16(27-12-28-22)6-3-7-26-20)17-10-14-4-2-5-15(24)19(14)21(30-17)23(33)31-9-8-25-18(32)11-31/h2-7,10,12-13H,8-9,11H2,1H3,(H,25,32)(H,27,28,29)/t13-/m0/s1. The zero-order valence-electron chi connectivity index (χ0n) is 17.7. The summed E-state index contributed by atoms with van der Waals surface area (Å²) < 4.78 is 0. The highest BCUT2D eigenvalue weighted by Gasteiger charge is 2.27. The number of hydrogen-bond acceptors (Lipinski definition) is 7. The lowest BCUT2D eigenvalue weighted by Gasteiger charge is -2.27. The second kappa shape index (κ2) is 8.59. The fourth-order valence-corrected chi connectivity index (χ4v) is 4.18. The van der Waals surface area contributed by atoms with Gasteiger partial charge in [0.25, 0.3) is 5.91 Å². The minimum absolute atomic E-state index is 0.0108. The van der Waals surface area contributed by atoms with Crippen molar-refractivity contribution < 1.29 is 9.59 Å². The lowest BCUT2D eigenvalue weighted by molar-refractivity contribution is -0.123. The number of amides is 2. The Morgan fingerprint density at radius 3 is 2.94 bits per heavy atom. The van der Waals surface area contributed by atoms with Gasteiger partial charge in [0.05, 0.1) is 28.8 Å². The molecule has 0 aliphatic carbocycles. The van der Waals surface area contributed by atoms with Gasteiger partial charge in [-0.2, -0.15) is 0 Å². The Hall–Kier alpha value is -3.85. The first kappa shape index (κ1) is 21.0.